The molecule has 3 heteroatoms. The molecule has 0 spiro atoms. The summed E-state index contributed by atoms with van der Waals surface area (Å²) in [4.78, 5) is 0. The monoisotopic (exact) mass is 200 g/mol. The normalized spacial score (nSPS) is 32.8. The molecule has 70 valence electrons. The van der Waals surface area contributed by atoms with Gasteiger partial charge in [0.25, 0.3) is 0 Å². The van der Waals surface area contributed by atoms with E-state index < -0.39 is 15.4 Å². The third-order valence-corrected chi connectivity index (χ3v) is 20.0. The van der Waals surface area contributed by atoms with Crippen molar-refractivity contribution in [3.63, 3.8) is 0 Å². The number of hydrogen-bond acceptors (Lipinski definition) is 1. The molecule has 1 atom stereocenters. The Bertz CT molecular complexity index is 187. The zero-order chi connectivity index (χ0) is 9.41. The molecule has 1 nitrogen and oxygen atoms in total. The summed E-state index contributed by atoms with van der Waals surface area (Å²) >= 11 is 0. The van der Waals surface area contributed by atoms with Gasteiger partial charge in [0.15, 0.2) is 7.83 Å². The van der Waals surface area contributed by atoms with Crippen LogP contribution in [0, 0.1) is 0 Å². The van der Waals surface area contributed by atoms with Crippen molar-refractivity contribution in [2.24, 2.45) is 0 Å². The van der Waals surface area contributed by atoms with Gasteiger partial charge < -0.3 is 4.43 Å². The minimum absolute atomic E-state index is 0.354. The molecular formula is C9H20OSi2. The van der Waals surface area contributed by atoms with Gasteiger partial charge in [0.05, 0.1) is 13.7 Å². The Morgan fingerprint density at radius 2 is 1.92 bits per heavy atom. The van der Waals surface area contributed by atoms with E-state index in [4.69, 9.17) is 4.43 Å². The summed E-state index contributed by atoms with van der Waals surface area (Å²) < 4.78 is 6.12. The maximum atomic E-state index is 6.12. The molecule has 0 aromatic carbocycles. The smallest absolute Gasteiger partial charge is 0.174 e. The van der Waals surface area contributed by atoms with Crippen LogP contribution in [-0.4, -0.2) is 21.5 Å². The molecule has 0 bridgehead atoms. The van der Waals surface area contributed by atoms with Crippen molar-refractivity contribution in [1.29, 1.82) is 0 Å². The van der Waals surface area contributed by atoms with Crippen LogP contribution in [0.1, 0.15) is 6.42 Å². The van der Waals surface area contributed by atoms with Crippen LogP contribution >= 0.6 is 0 Å². The van der Waals surface area contributed by atoms with E-state index in [0.29, 0.717) is 6.10 Å². The third kappa shape index (κ3) is 1.73. The Labute approximate surface area is 77.8 Å². The molecule has 0 saturated carbocycles. The molecule has 12 heavy (non-hydrogen) atoms. The first-order valence-corrected chi connectivity index (χ1v) is 11.8. The van der Waals surface area contributed by atoms with Crippen molar-refractivity contribution in [2.45, 2.75) is 44.8 Å². The molecule has 0 N–H and O–H groups in total. The van der Waals surface area contributed by atoms with Crippen molar-refractivity contribution in [3.8, 4) is 0 Å². The van der Waals surface area contributed by atoms with Gasteiger partial charge >= 0.3 is 0 Å². The summed E-state index contributed by atoms with van der Waals surface area (Å²) in [5, 5.41) is 0. The predicted octanol–water partition coefficient (Wildman–Crippen LogP) is 2.95. The SMILES string of the molecule is C=CC1CC[Si](C)(C)[Si](C)(C)O1. The highest BCUT2D eigenvalue weighted by molar-refractivity contribution is 7.38. The van der Waals surface area contributed by atoms with Crippen LogP contribution in [0.25, 0.3) is 0 Å². The second-order valence-corrected chi connectivity index (χ2v) is 20.0. The molecule has 0 aromatic heterocycles. The molecule has 0 radical (unpaired) electrons. The van der Waals surface area contributed by atoms with E-state index in [9.17, 15) is 0 Å². The Kier molecular flexibility index (Phi) is 2.66. The first kappa shape index (κ1) is 10.2. The van der Waals surface area contributed by atoms with E-state index in [1.807, 2.05) is 6.08 Å². The summed E-state index contributed by atoms with van der Waals surface area (Å²) in [6.07, 6.45) is 3.53. The topological polar surface area (TPSA) is 9.23 Å². The lowest BCUT2D eigenvalue weighted by atomic mass is 10.3. The average molecular weight is 200 g/mol. The fraction of sp³-hybridized carbons (Fsp3) is 0.778. The van der Waals surface area contributed by atoms with Crippen LogP contribution in [0.15, 0.2) is 12.7 Å². The maximum Gasteiger partial charge on any atom is 0.174 e. The van der Waals surface area contributed by atoms with Gasteiger partial charge in [-0.3, -0.25) is 0 Å². The number of rotatable bonds is 1. The van der Waals surface area contributed by atoms with Gasteiger partial charge in [-0.05, 0) is 19.5 Å². The van der Waals surface area contributed by atoms with Crippen LogP contribution in [0.3, 0.4) is 0 Å². The van der Waals surface area contributed by atoms with E-state index in [-0.39, 0.29) is 0 Å². The molecule has 1 aliphatic rings. The third-order valence-electron chi connectivity index (χ3n) is 3.39. The van der Waals surface area contributed by atoms with E-state index in [1.165, 1.54) is 12.5 Å². The van der Waals surface area contributed by atoms with Gasteiger partial charge in [-0.1, -0.05) is 25.2 Å². The minimum Gasteiger partial charge on any atom is -0.414 e. The lowest BCUT2D eigenvalue weighted by Crippen LogP contribution is -2.61. The van der Waals surface area contributed by atoms with E-state index >= 15 is 0 Å². The molecular weight excluding hydrogens is 180 g/mol. The summed E-state index contributed by atoms with van der Waals surface area (Å²) in [5.74, 6) is 0. The van der Waals surface area contributed by atoms with E-state index in [2.05, 4.69) is 32.8 Å². The fourth-order valence-electron chi connectivity index (χ4n) is 1.57. The molecule has 1 rings (SSSR count). The van der Waals surface area contributed by atoms with Crippen molar-refractivity contribution in [3.05, 3.63) is 12.7 Å². The Balaban J connectivity index is 2.74. The summed E-state index contributed by atoms with van der Waals surface area (Å²) in [6, 6.07) is 1.42. The van der Waals surface area contributed by atoms with Gasteiger partial charge in [0.2, 0.25) is 0 Å². The lowest BCUT2D eigenvalue weighted by Gasteiger charge is -2.44. The highest BCUT2D eigenvalue weighted by Crippen LogP contribution is 2.33. The van der Waals surface area contributed by atoms with Gasteiger partial charge in [0.1, 0.15) is 0 Å². The molecule has 0 amide bonds. The first-order chi connectivity index (χ1) is 5.39. The Hall–Kier alpha value is 0.134. The molecule has 1 saturated heterocycles. The Morgan fingerprint density at radius 1 is 1.33 bits per heavy atom. The van der Waals surface area contributed by atoms with Crippen LogP contribution < -0.4 is 0 Å². The zero-order valence-corrected chi connectivity index (χ0v) is 10.7. The van der Waals surface area contributed by atoms with Crippen molar-refractivity contribution in [2.75, 3.05) is 0 Å². The van der Waals surface area contributed by atoms with Crippen molar-refractivity contribution >= 4 is 15.4 Å². The largest absolute Gasteiger partial charge is 0.414 e. The van der Waals surface area contributed by atoms with Gasteiger partial charge in [-0.25, -0.2) is 0 Å². The van der Waals surface area contributed by atoms with E-state index in [0.717, 1.165) is 0 Å². The van der Waals surface area contributed by atoms with Gasteiger partial charge in [-0.2, -0.15) is 0 Å². The highest BCUT2D eigenvalue weighted by atomic mass is 29.3. The van der Waals surface area contributed by atoms with Crippen LogP contribution in [0.5, 0.6) is 0 Å². The van der Waals surface area contributed by atoms with E-state index in [1.54, 1.807) is 0 Å². The van der Waals surface area contributed by atoms with Crippen LogP contribution in [0.2, 0.25) is 32.2 Å². The molecule has 1 heterocycles. The van der Waals surface area contributed by atoms with Crippen molar-refractivity contribution in [1.82, 2.24) is 0 Å². The summed E-state index contributed by atoms with van der Waals surface area (Å²) in [7, 11) is -2.34. The first-order valence-electron chi connectivity index (χ1n) is 4.69. The lowest BCUT2D eigenvalue weighted by molar-refractivity contribution is 0.234. The molecule has 1 unspecified atom stereocenters. The second-order valence-electron chi connectivity index (χ2n) is 4.82. The maximum absolute atomic E-state index is 6.12. The predicted molar refractivity (Wildman–Crippen MR) is 59.5 cm³/mol. The van der Waals surface area contributed by atoms with Gasteiger partial charge in [-0.15, -0.1) is 6.58 Å². The summed E-state index contributed by atoms with van der Waals surface area (Å²) in [6.45, 7) is 13.5. The summed E-state index contributed by atoms with van der Waals surface area (Å²) in [5.41, 5.74) is 0. The molecule has 0 aliphatic carbocycles. The second kappa shape index (κ2) is 3.12. The average Bonchev–Trinajstić information content (AvgIpc) is 1.95. The Morgan fingerprint density at radius 3 is 2.33 bits per heavy atom. The number of hydrogen-bond donors (Lipinski definition) is 0. The fourth-order valence-corrected chi connectivity index (χ4v) is 8.12. The highest BCUT2D eigenvalue weighted by Gasteiger charge is 2.46. The van der Waals surface area contributed by atoms with Crippen LogP contribution in [-0.2, 0) is 4.43 Å². The van der Waals surface area contributed by atoms with Gasteiger partial charge in [0, 0.05) is 0 Å². The standard InChI is InChI=1S/C9H20OSi2/c1-6-9-7-8-11(2,3)12(4,5)10-9/h6,9H,1,7-8H2,2-5H3. The zero-order valence-electron chi connectivity index (χ0n) is 8.68. The van der Waals surface area contributed by atoms with Crippen LogP contribution in [0.4, 0.5) is 0 Å². The quantitative estimate of drug-likeness (QED) is 0.467. The van der Waals surface area contributed by atoms with Crippen molar-refractivity contribution < 1.29 is 4.43 Å². The molecule has 0 aromatic rings. The molecule has 1 aliphatic heterocycles. The minimum atomic E-state index is -1.33. The molecule has 1 fully saturated rings.